The molecular weight excluding hydrogens is 353 g/mol. The number of thiazole rings is 1. The van der Waals surface area contributed by atoms with Crippen molar-refractivity contribution in [2.24, 2.45) is 0 Å². The molecule has 0 saturated carbocycles. The Labute approximate surface area is 152 Å². The topological polar surface area (TPSA) is 68.0 Å². The van der Waals surface area contributed by atoms with Crippen molar-refractivity contribution >= 4 is 33.1 Å². The quantitative estimate of drug-likeness (QED) is 0.556. The van der Waals surface area contributed by atoms with Gasteiger partial charge in [-0.15, -0.1) is 11.3 Å². The summed E-state index contributed by atoms with van der Waals surface area (Å²) in [5, 5.41) is 7.38. The Morgan fingerprint density at radius 2 is 2.04 bits per heavy atom. The zero-order chi connectivity index (χ0) is 18.3. The number of carbonyl (C=O) groups is 1. The molecule has 1 N–H and O–H groups in total. The molecule has 0 spiro atoms. The number of carbonyl (C=O) groups excluding carboxylic acids is 1. The molecule has 0 unspecified atom stereocenters. The molecule has 4 aromatic rings. The fraction of sp³-hybridized carbons (Fsp3) is 0.105. The van der Waals surface area contributed by atoms with Gasteiger partial charge in [0.1, 0.15) is 22.7 Å². The molecule has 0 fully saturated rings. The average Bonchev–Trinajstić information content (AvgIpc) is 3.22. The van der Waals surface area contributed by atoms with Crippen LogP contribution in [0.2, 0.25) is 0 Å². The van der Waals surface area contributed by atoms with Gasteiger partial charge in [-0.2, -0.15) is 0 Å². The standard InChI is InChI=1S/C19H14FN3O2S/c1-10-7-12(19-22-16-8-13(20)4-6-17(16)26-19)3-5-15(10)21-18(24)14-9-25-23-11(14)2/h3-9H,1-2H3,(H,21,24). The summed E-state index contributed by atoms with van der Waals surface area (Å²) in [6, 6.07) is 10.3. The van der Waals surface area contributed by atoms with Crippen molar-refractivity contribution in [3.63, 3.8) is 0 Å². The summed E-state index contributed by atoms with van der Waals surface area (Å²) in [5.74, 6) is -0.567. The zero-order valence-electron chi connectivity index (χ0n) is 14.0. The number of nitrogens with zero attached hydrogens (tertiary/aromatic N) is 2. The lowest BCUT2D eigenvalue weighted by Crippen LogP contribution is -2.13. The summed E-state index contributed by atoms with van der Waals surface area (Å²) >= 11 is 1.50. The highest BCUT2D eigenvalue weighted by Gasteiger charge is 2.14. The van der Waals surface area contributed by atoms with Crippen LogP contribution in [0.1, 0.15) is 21.6 Å². The van der Waals surface area contributed by atoms with Crippen LogP contribution in [-0.4, -0.2) is 16.0 Å². The molecule has 4 rings (SSSR count). The minimum Gasteiger partial charge on any atom is -0.364 e. The normalized spacial score (nSPS) is 11.0. The Balaban J connectivity index is 1.62. The second kappa shape index (κ2) is 6.34. The second-order valence-corrected chi connectivity index (χ2v) is 6.96. The van der Waals surface area contributed by atoms with Crippen molar-refractivity contribution in [2.45, 2.75) is 13.8 Å². The molecule has 130 valence electrons. The number of aromatic nitrogens is 2. The highest BCUT2D eigenvalue weighted by Crippen LogP contribution is 2.32. The van der Waals surface area contributed by atoms with Crippen LogP contribution in [0.5, 0.6) is 0 Å². The van der Waals surface area contributed by atoms with Gasteiger partial charge in [0.05, 0.1) is 15.9 Å². The van der Waals surface area contributed by atoms with Crippen LogP contribution in [0.3, 0.4) is 0 Å². The number of halogens is 1. The molecule has 5 nitrogen and oxygen atoms in total. The van der Waals surface area contributed by atoms with E-state index in [0.717, 1.165) is 20.8 Å². The van der Waals surface area contributed by atoms with Gasteiger partial charge in [0.15, 0.2) is 0 Å². The molecule has 0 bridgehead atoms. The molecule has 0 radical (unpaired) electrons. The highest BCUT2D eigenvalue weighted by molar-refractivity contribution is 7.21. The van der Waals surface area contributed by atoms with Crippen molar-refractivity contribution in [1.29, 1.82) is 0 Å². The number of fused-ring (bicyclic) bond motifs is 1. The molecule has 2 heterocycles. The molecule has 0 saturated heterocycles. The Morgan fingerprint density at radius 3 is 2.77 bits per heavy atom. The van der Waals surface area contributed by atoms with Gasteiger partial charge >= 0.3 is 0 Å². The lowest BCUT2D eigenvalue weighted by atomic mass is 10.1. The summed E-state index contributed by atoms with van der Waals surface area (Å²) in [4.78, 5) is 16.8. The van der Waals surface area contributed by atoms with E-state index >= 15 is 0 Å². The zero-order valence-corrected chi connectivity index (χ0v) is 14.9. The summed E-state index contributed by atoms with van der Waals surface area (Å²) in [5.41, 5.74) is 4.10. The monoisotopic (exact) mass is 367 g/mol. The van der Waals surface area contributed by atoms with Crippen molar-refractivity contribution in [3.8, 4) is 10.6 Å². The Morgan fingerprint density at radius 1 is 1.19 bits per heavy atom. The number of amides is 1. The summed E-state index contributed by atoms with van der Waals surface area (Å²) in [6.07, 6.45) is 1.33. The third-order valence-electron chi connectivity index (χ3n) is 4.07. The molecular formula is C19H14FN3O2S. The maximum atomic E-state index is 13.3. The number of anilines is 1. The average molecular weight is 367 g/mol. The molecule has 2 aromatic heterocycles. The molecule has 1 amide bonds. The first-order valence-corrected chi connectivity index (χ1v) is 8.72. The maximum absolute atomic E-state index is 13.3. The van der Waals surface area contributed by atoms with E-state index in [-0.39, 0.29) is 11.7 Å². The van der Waals surface area contributed by atoms with Gasteiger partial charge in [0, 0.05) is 17.3 Å². The van der Waals surface area contributed by atoms with Crippen molar-refractivity contribution in [2.75, 3.05) is 5.32 Å². The van der Waals surface area contributed by atoms with E-state index in [1.54, 1.807) is 13.0 Å². The molecule has 0 aliphatic heterocycles. The van der Waals surface area contributed by atoms with Crippen LogP contribution in [0, 0.1) is 19.7 Å². The van der Waals surface area contributed by atoms with E-state index in [9.17, 15) is 9.18 Å². The van der Waals surface area contributed by atoms with E-state index in [1.807, 2.05) is 25.1 Å². The number of hydrogen-bond acceptors (Lipinski definition) is 5. The molecule has 26 heavy (non-hydrogen) atoms. The fourth-order valence-electron chi connectivity index (χ4n) is 2.66. The summed E-state index contributed by atoms with van der Waals surface area (Å²) < 4.78 is 19.1. The molecule has 0 atom stereocenters. The van der Waals surface area contributed by atoms with Crippen LogP contribution in [0.15, 0.2) is 47.2 Å². The molecule has 0 aliphatic rings. The second-order valence-electron chi connectivity index (χ2n) is 5.93. The van der Waals surface area contributed by atoms with Gasteiger partial charge in [-0.05, 0) is 49.7 Å². The van der Waals surface area contributed by atoms with Gasteiger partial charge in [0.2, 0.25) is 0 Å². The predicted molar refractivity (Wildman–Crippen MR) is 98.9 cm³/mol. The smallest absolute Gasteiger partial charge is 0.260 e. The first-order valence-electron chi connectivity index (χ1n) is 7.91. The van der Waals surface area contributed by atoms with Crippen LogP contribution < -0.4 is 5.32 Å². The van der Waals surface area contributed by atoms with Crippen molar-refractivity contribution < 1.29 is 13.7 Å². The van der Waals surface area contributed by atoms with Crippen LogP contribution >= 0.6 is 11.3 Å². The fourth-order valence-corrected chi connectivity index (χ4v) is 3.60. The first-order chi connectivity index (χ1) is 12.5. The lowest BCUT2D eigenvalue weighted by molar-refractivity contribution is 0.102. The minimum absolute atomic E-state index is 0.268. The van der Waals surface area contributed by atoms with Gasteiger partial charge < -0.3 is 9.84 Å². The maximum Gasteiger partial charge on any atom is 0.260 e. The Kier molecular flexibility index (Phi) is 4.00. The third-order valence-corrected chi connectivity index (χ3v) is 5.15. The Bertz CT molecular complexity index is 1130. The third kappa shape index (κ3) is 2.97. The van der Waals surface area contributed by atoms with Gasteiger partial charge in [-0.25, -0.2) is 9.37 Å². The summed E-state index contributed by atoms with van der Waals surface area (Å²) in [6.45, 7) is 3.62. The number of aryl methyl sites for hydroxylation is 2. The number of rotatable bonds is 3. The van der Waals surface area contributed by atoms with Crippen molar-refractivity contribution in [3.05, 3.63) is 65.3 Å². The molecule has 2 aromatic carbocycles. The predicted octanol–water partition coefficient (Wildman–Crippen LogP) is 4.96. The van der Waals surface area contributed by atoms with Crippen LogP contribution in [-0.2, 0) is 0 Å². The Hall–Kier alpha value is -3.06. The SMILES string of the molecule is Cc1cc(-c2nc3cc(F)ccc3s2)ccc1NC(=O)c1conc1C. The lowest BCUT2D eigenvalue weighted by Gasteiger charge is -2.09. The molecule has 7 heteroatoms. The number of hydrogen-bond donors (Lipinski definition) is 1. The van der Waals surface area contributed by atoms with E-state index in [2.05, 4.69) is 15.5 Å². The highest BCUT2D eigenvalue weighted by atomic mass is 32.1. The van der Waals surface area contributed by atoms with E-state index in [0.29, 0.717) is 22.5 Å². The van der Waals surface area contributed by atoms with E-state index in [1.165, 1.54) is 29.7 Å². The van der Waals surface area contributed by atoms with Gasteiger partial charge in [-0.1, -0.05) is 5.16 Å². The van der Waals surface area contributed by atoms with Gasteiger partial charge in [0.25, 0.3) is 5.91 Å². The number of nitrogens with one attached hydrogen (secondary N) is 1. The largest absolute Gasteiger partial charge is 0.364 e. The van der Waals surface area contributed by atoms with Gasteiger partial charge in [-0.3, -0.25) is 4.79 Å². The first kappa shape index (κ1) is 16.4. The summed E-state index contributed by atoms with van der Waals surface area (Å²) in [7, 11) is 0. The molecule has 0 aliphatic carbocycles. The van der Waals surface area contributed by atoms with Crippen LogP contribution in [0.25, 0.3) is 20.8 Å². The van der Waals surface area contributed by atoms with Crippen LogP contribution in [0.4, 0.5) is 10.1 Å². The minimum atomic E-state index is -0.298. The van der Waals surface area contributed by atoms with Crippen molar-refractivity contribution in [1.82, 2.24) is 10.1 Å². The van der Waals surface area contributed by atoms with E-state index < -0.39 is 0 Å². The number of benzene rings is 2. The van der Waals surface area contributed by atoms with E-state index in [4.69, 9.17) is 4.52 Å².